The summed E-state index contributed by atoms with van der Waals surface area (Å²) in [6.45, 7) is 1.66. The third-order valence-corrected chi connectivity index (χ3v) is 3.62. The van der Waals surface area contributed by atoms with Crippen molar-refractivity contribution in [3.05, 3.63) is 59.7 Å². The SMILES string of the molecule is C/C=C/C(=O)c1ccc(C(F)(F)F)cc1-c1ccc(OC)c(OC)c1. The Morgan fingerprint density at radius 3 is 2.24 bits per heavy atom. The van der Waals surface area contributed by atoms with Gasteiger partial charge in [-0.05, 0) is 54.5 Å². The van der Waals surface area contributed by atoms with Crippen LogP contribution >= 0.6 is 0 Å². The summed E-state index contributed by atoms with van der Waals surface area (Å²) in [6, 6.07) is 7.78. The van der Waals surface area contributed by atoms with Gasteiger partial charge in [-0.3, -0.25) is 4.79 Å². The molecule has 0 radical (unpaired) electrons. The predicted octanol–water partition coefficient (Wildman–Crippen LogP) is 5.15. The van der Waals surface area contributed by atoms with E-state index in [1.165, 1.54) is 26.4 Å². The van der Waals surface area contributed by atoms with E-state index in [0.29, 0.717) is 17.1 Å². The minimum atomic E-state index is -4.51. The quantitative estimate of drug-likeness (QED) is 0.553. The van der Waals surface area contributed by atoms with E-state index in [1.54, 1.807) is 31.2 Å². The molecule has 25 heavy (non-hydrogen) atoms. The van der Waals surface area contributed by atoms with Crippen molar-refractivity contribution in [2.75, 3.05) is 14.2 Å². The molecule has 0 aromatic heterocycles. The van der Waals surface area contributed by atoms with Gasteiger partial charge in [-0.25, -0.2) is 0 Å². The fraction of sp³-hybridized carbons (Fsp3) is 0.211. The highest BCUT2D eigenvalue weighted by molar-refractivity contribution is 6.09. The maximum Gasteiger partial charge on any atom is 0.416 e. The van der Waals surface area contributed by atoms with E-state index >= 15 is 0 Å². The molecule has 0 saturated heterocycles. The van der Waals surface area contributed by atoms with Crippen molar-refractivity contribution in [2.45, 2.75) is 13.1 Å². The van der Waals surface area contributed by atoms with E-state index in [9.17, 15) is 18.0 Å². The van der Waals surface area contributed by atoms with Crippen LogP contribution in [0.5, 0.6) is 11.5 Å². The molecule has 0 unspecified atom stereocenters. The zero-order valence-corrected chi connectivity index (χ0v) is 14.0. The zero-order valence-electron chi connectivity index (χ0n) is 14.0. The molecule has 0 saturated carbocycles. The van der Waals surface area contributed by atoms with E-state index in [2.05, 4.69) is 0 Å². The van der Waals surface area contributed by atoms with Gasteiger partial charge in [-0.2, -0.15) is 13.2 Å². The molecule has 0 fully saturated rings. The first-order valence-corrected chi connectivity index (χ1v) is 7.42. The highest BCUT2D eigenvalue weighted by Crippen LogP contribution is 2.37. The standard InChI is InChI=1S/C19H17F3O3/c1-4-5-16(23)14-8-7-13(19(20,21)22)11-15(14)12-6-9-17(24-2)18(10-12)25-3/h4-11H,1-3H3/b5-4+. The Kier molecular flexibility index (Phi) is 5.51. The lowest BCUT2D eigenvalue weighted by Gasteiger charge is -2.14. The lowest BCUT2D eigenvalue weighted by atomic mass is 9.94. The second-order valence-corrected chi connectivity index (χ2v) is 5.19. The molecule has 0 aliphatic heterocycles. The van der Waals surface area contributed by atoms with Gasteiger partial charge in [0.25, 0.3) is 0 Å². The Balaban J connectivity index is 2.69. The van der Waals surface area contributed by atoms with Crippen LogP contribution in [0.15, 0.2) is 48.6 Å². The van der Waals surface area contributed by atoms with Crippen molar-refractivity contribution >= 4 is 5.78 Å². The summed E-state index contributed by atoms with van der Waals surface area (Å²) < 4.78 is 49.6. The molecular weight excluding hydrogens is 333 g/mol. The van der Waals surface area contributed by atoms with Crippen molar-refractivity contribution in [1.29, 1.82) is 0 Å². The van der Waals surface area contributed by atoms with E-state index in [1.807, 2.05) is 0 Å². The number of hydrogen-bond acceptors (Lipinski definition) is 3. The largest absolute Gasteiger partial charge is 0.493 e. The van der Waals surface area contributed by atoms with Gasteiger partial charge in [-0.1, -0.05) is 12.1 Å². The highest BCUT2D eigenvalue weighted by Gasteiger charge is 2.31. The van der Waals surface area contributed by atoms with Crippen LogP contribution in [-0.2, 0) is 6.18 Å². The van der Waals surface area contributed by atoms with Crippen LogP contribution < -0.4 is 9.47 Å². The minimum absolute atomic E-state index is 0.179. The van der Waals surface area contributed by atoms with Gasteiger partial charge in [0, 0.05) is 5.56 Å². The average molecular weight is 350 g/mol. The van der Waals surface area contributed by atoms with Gasteiger partial charge >= 0.3 is 6.18 Å². The Labute approximate surface area is 143 Å². The van der Waals surface area contributed by atoms with Crippen LogP contribution in [0.1, 0.15) is 22.8 Å². The molecule has 0 aliphatic carbocycles. The van der Waals surface area contributed by atoms with Gasteiger partial charge < -0.3 is 9.47 Å². The molecule has 6 heteroatoms. The monoisotopic (exact) mass is 350 g/mol. The normalized spacial score (nSPS) is 11.6. The summed E-state index contributed by atoms with van der Waals surface area (Å²) in [5.74, 6) is 0.433. The summed E-state index contributed by atoms with van der Waals surface area (Å²) >= 11 is 0. The van der Waals surface area contributed by atoms with E-state index in [0.717, 1.165) is 12.1 Å². The molecule has 0 bridgehead atoms. The zero-order chi connectivity index (χ0) is 18.6. The number of allylic oxidation sites excluding steroid dienone is 2. The molecule has 0 spiro atoms. The van der Waals surface area contributed by atoms with E-state index < -0.39 is 11.7 Å². The van der Waals surface area contributed by atoms with Crippen molar-refractivity contribution in [2.24, 2.45) is 0 Å². The molecule has 2 rings (SSSR count). The second-order valence-electron chi connectivity index (χ2n) is 5.19. The fourth-order valence-electron chi connectivity index (χ4n) is 2.42. The first-order chi connectivity index (χ1) is 11.8. The van der Waals surface area contributed by atoms with Crippen LogP contribution in [0.4, 0.5) is 13.2 Å². The Hall–Kier alpha value is -2.76. The smallest absolute Gasteiger partial charge is 0.416 e. The fourth-order valence-corrected chi connectivity index (χ4v) is 2.42. The maximum atomic E-state index is 13.1. The Bertz CT molecular complexity index is 808. The third kappa shape index (κ3) is 4.02. The van der Waals surface area contributed by atoms with Gasteiger partial charge in [0.1, 0.15) is 0 Å². The average Bonchev–Trinajstić information content (AvgIpc) is 2.60. The van der Waals surface area contributed by atoms with Crippen LogP contribution in [0.25, 0.3) is 11.1 Å². The van der Waals surface area contributed by atoms with E-state index in [-0.39, 0.29) is 16.9 Å². The van der Waals surface area contributed by atoms with Crippen LogP contribution in [0.3, 0.4) is 0 Å². The number of hydrogen-bond donors (Lipinski definition) is 0. The second kappa shape index (κ2) is 7.42. The summed E-state index contributed by atoms with van der Waals surface area (Å²) in [5, 5.41) is 0. The van der Waals surface area contributed by atoms with Crippen LogP contribution in [0.2, 0.25) is 0 Å². The van der Waals surface area contributed by atoms with Crippen molar-refractivity contribution < 1.29 is 27.4 Å². The molecule has 0 heterocycles. The van der Waals surface area contributed by atoms with Gasteiger partial charge in [0.2, 0.25) is 0 Å². The molecule has 0 N–H and O–H groups in total. The third-order valence-electron chi connectivity index (χ3n) is 3.62. The van der Waals surface area contributed by atoms with Gasteiger partial charge in [-0.15, -0.1) is 0 Å². The van der Waals surface area contributed by atoms with E-state index in [4.69, 9.17) is 9.47 Å². The highest BCUT2D eigenvalue weighted by atomic mass is 19.4. The lowest BCUT2D eigenvalue weighted by Crippen LogP contribution is -2.07. The summed E-state index contributed by atoms with van der Waals surface area (Å²) in [6.07, 6.45) is -1.65. The molecule has 0 aliphatic rings. The molecule has 3 nitrogen and oxygen atoms in total. The number of halogens is 3. The number of rotatable bonds is 5. The van der Waals surface area contributed by atoms with Crippen LogP contribution in [-0.4, -0.2) is 20.0 Å². The van der Waals surface area contributed by atoms with Crippen molar-refractivity contribution in [3.8, 4) is 22.6 Å². The van der Waals surface area contributed by atoms with Crippen LogP contribution in [0, 0.1) is 0 Å². The Morgan fingerprint density at radius 1 is 1.00 bits per heavy atom. The lowest BCUT2D eigenvalue weighted by molar-refractivity contribution is -0.137. The number of carbonyl (C=O) groups is 1. The number of ether oxygens (including phenoxy) is 2. The first kappa shape index (κ1) is 18.6. The molecule has 0 atom stereocenters. The number of carbonyl (C=O) groups excluding carboxylic acids is 1. The summed E-state index contributed by atoms with van der Waals surface area (Å²) in [7, 11) is 2.89. The number of alkyl halides is 3. The van der Waals surface area contributed by atoms with Crippen molar-refractivity contribution in [3.63, 3.8) is 0 Å². The molecular formula is C19H17F3O3. The minimum Gasteiger partial charge on any atom is -0.493 e. The maximum absolute atomic E-state index is 13.1. The molecule has 132 valence electrons. The van der Waals surface area contributed by atoms with Crippen molar-refractivity contribution in [1.82, 2.24) is 0 Å². The number of ketones is 1. The number of methoxy groups -OCH3 is 2. The first-order valence-electron chi connectivity index (χ1n) is 7.42. The number of benzene rings is 2. The molecule has 2 aromatic rings. The molecule has 0 amide bonds. The van der Waals surface area contributed by atoms with Gasteiger partial charge in [0.15, 0.2) is 17.3 Å². The van der Waals surface area contributed by atoms with Gasteiger partial charge in [0.05, 0.1) is 19.8 Å². The molecule has 2 aromatic carbocycles. The summed E-state index contributed by atoms with van der Waals surface area (Å²) in [4.78, 5) is 12.3. The topological polar surface area (TPSA) is 35.5 Å². The predicted molar refractivity (Wildman–Crippen MR) is 89.1 cm³/mol. The Morgan fingerprint density at radius 2 is 1.68 bits per heavy atom. The summed E-state index contributed by atoms with van der Waals surface area (Å²) in [5.41, 5.74) is -0.0388.